The van der Waals surface area contributed by atoms with E-state index in [0.717, 1.165) is 14.7 Å². The Balaban J connectivity index is 2.18. The SMILES string of the molecule is Cc1cccc(I)c1C(=O)N1CCC(C(=O)O)C(C)C1. The molecule has 2 atom stereocenters. The monoisotopic (exact) mass is 387 g/mol. The van der Waals surface area contributed by atoms with Crippen LogP contribution < -0.4 is 0 Å². The molecule has 1 fully saturated rings. The van der Waals surface area contributed by atoms with Gasteiger partial charge < -0.3 is 10.0 Å². The van der Waals surface area contributed by atoms with Crippen LogP contribution in [0.25, 0.3) is 0 Å². The molecular formula is C15H18INO3. The number of benzene rings is 1. The first-order valence-corrected chi connectivity index (χ1v) is 7.77. The van der Waals surface area contributed by atoms with Crippen molar-refractivity contribution in [2.45, 2.75) is 20.3 Å². The molecule has 0 aromatic heterocycles. The molecule has 1 aliphatic heterocycles. The molecule has 0 radical (unpaired) electrons. The molecule has 0 saturated carbocycles. The van der Waals surface area contributed by atoms with Gasteiger partial charge in [-0.05, 0) is 53.5 Å². The maximum Gasteiger partial charge on any atom is 0.306 e. The van der Waals surface area contributed by atoms with E-state index < -0.39 is 5.97 Å². The minimum Gasteiger partial charge on any atom is -0.481 e. The van der Waals surface area contributed by atoms with Crippen LogP contribution in [0.4, 0.5) is 0 Å². The average molecular weight is 387 g/mol. The second-order valence-corrected chi connectivity index (χ2v) is 6.56. The Morgan fingerprint density at radius 2 is 2.10 bits per heavy atom. The van der Waals surface area contributed by atoms with E-state index in [-0.39, 0.29) is 17.7 Å². The predicted molar refractivity (Wildman–Crippen MR) is 84.7 cm³/mol. The van der Waals surface area contributed by atoms with Crippen molar-refractivity contribution >= 4 is 34.5 Å². The number of likely N-dealkylation sites (tertiary alicyclic amines) is 1. The van der Waals surface area contributed by atoms with Gasteiger partial charge in [-0.1, -0.05) is 19.1 Å². The van der Waals surface area contributed by atoms with Gasteiger partial charge in [0.15, 0.2) is 0 Å². The summed E-state index contributed by atoms with van der Waals surface area (Å²) in [6.45, 7) is 4.87. The molecule has 20 heavy (non-hydrogen) atoms. The summed E-state index contributed by atoms with van der Waals surface area (Å²) in [6, 6.07) is 5.80. The summed E-state index contributed by atoms with van der Waals surface area (Å²) in [4.78, 5) is 25.5. The van der Waals surface area contributed by atoms with Crippen molar-refractivity contribution in [3.63, 3.8) is 0 Å². The maximum atomic E-state index is 12.6. The van der Waals surface area contributed by atoms with Crippen molar-refractivity contribution in [1.29, 1.82) is 0 Å². The van der Waals surface area contributed by atoms with Crippen LogP contribution in [0.3, 0.4) is 0 Å². The second-order valence-electron chi connectivity index (χ2n) is 5.39. The number of hydrogen-bond acceptors (Lipinski definition) is 2. The van der Waals surface area contributed by atoms with Gasteiger partial charge in [-0.25, -0.2) is 0 Å². The number of carboxylic acid groups (broad SMARTS) is 1. The molecular weight excluding hydrogens is 369 g/mol. The first kappa shape index (κ1) is 15.3. The number of piperidine rings is 1. The summed E-state index contributed by atoms with van der Waals surface area (Å²) >= 11 is 2.18. The highest BCUT2D eigenvalue weighted by Gasteiger charge is 2.33. The first-order valence-electron chi connectivity index (χ1n) is 6.69. The zero-order valence-corrected chi connectivity index (χ0v) is 13.8. The number of carbonyl (C=O) groups is 2. The van der Waals surface area contributed by atoms with Crippen LogP contribution in [0, 0.1) is 22.3 Å². The number of halogens is 1. The van der Waals surface area contributed by atoms with Gasteiger partial charge in [0.2, 0.25) is 0 Å². The molecule has 1 heterocycles. The molecule has 1 amide bonds. The minimum atomic E-state index is -0.755. The standard InChI is InChI=1S/C15H18INO3/c1-9-4-3-5-12(16)13(9)14(18)17-7-6-11(15(19)20)10(2)8-17/h3-5,10-11H,6-8H2,1-2H3,(H,19,20). The van der Waals surface area contributed by atoms with Crippen LogP contribution in [-0.2, 0) is 4.79 Å². The van der Waals surface area contributed by atoms with Crippen LogP contribution in [0.15, 0.2) is 18.2 Å². The van der Waals surface area contributed by atoms with Crippen molar-refractivity contribution in [1.82, 2.24) is 4.90 Å². The molecule has 0 spiro atoms. The van der Waals surface area contributed by atoms with Crippen LogP contribution in [-0.4, -0.2) is 35.0 Å². The fraction of sp³-hybridized carbons (Fsp3) is 0.467. The molecule has 4 nitrogen and oxygen atoms in total. The number of aryl methyl sites for hydroxylation is 1. The summed E-state index contributed by atoms with van der Waals surface area (Å²) in [6.07, 6.45) is 0.532. The summed E-state index contributed by atoms with van der Waals surface area (Å²) in [5, 5.41) is 9.13. The Morgan fingerprint density at radius 1 is 1.40 bits per heavy atom. The lowest BCUT2D eigenvalue weighted by Crippen LogP contribution is -2.45. The van der Waals surface area contributed by atoms with E-state index in [4.69, 9.17) is 5.11 Å². The topological polar surface area (TPSA) is 57.6 Å². The van der Waals surface area contributed by atoms with Crippen LogP contribution in [0.2, 0.25) is 0 Å². The Labute approximate surface area is 132 Å². The lowest BCUT2D eigenvalue weighted by atomic mass is 9.86. The van der Waals surface area contributed by atoms with E-state index in [9.17, 15) is 9.59 Å². The number of aliphatic carboxylic acids is 1. The van der Waals surface area contributed by atoms with E-state index in [1.807, 2.05) is 32.0 Å². The molecule has 1 aromatic carbocycles. The van der Waals surface area contributed by atoms with E-state index in [1.54, 1.807) is 4.90 Å². The van der Waals surface area contributed by atoms with Crippen molar-refractivity contribution in [2.24, 2.45) is 11.8 Å². The fourth-order valence-corrected chi connectivity index (χ4v) is 3.62. The minimum absolute atomic E-state index is 0.00752. The van der Waals surface area contributed by atoms with E-state index in [1.165, 1.54) is 0 Å². The average Bonchev–Trinajstić information content (AvgIpc) is 2.37. The van der Waals surface area contributed by atoms with Gasteiger partial charge in [0.05, 0.1) is 11.5 Å². The molecule has 2 rings (SSSR count). The molecule has 1 aliphatic rings. The molecule has 108 valence electrons. The van der Waals surface area contributed by atoms with E-state index >= 15 is 0 Å². The highest BCUT2D eigenvalue weighted by molar-refractivity contribution is 14.1. The summed E-state index contributed by atoms with van der Waals surface area (Å²) in [7, 11) is 0. The van der Waals surface area contributed by atoms with Crippen molar-refractivity contribution < 1.29 is 14.7 Å². The Morgan fingerprint density at radius 3 is 2.65 bits per heavy atom. The molecule has 1 saturated heterocycles. The summed E-state index contributed by atoms with van der Waals surface area (Å²) in [5.41, 5.74) is 1.71. The first-order chi connectivity index (χ1) is 9.41. The van der Waals surface area contributed by atoms with Crippen LogP contribution in [0.5, 0.6) is 0 Å². The Kier molecular flexibility index (Phi) is 4.67. The molecule has 0 aliphatic carbocycles. The number of carboxylic acids is 1. The van der Waals surface area contributed by atoms with Crippen LogP contribution >= 0.6 is 22.6 Å². The molecule has 1 N–H and O–H groups in total. The van der Waals surface area contributed by atoms with Gasteiger partial charge >= 0.3 is 5.97 Å². The van der Waals surface area contributed by atoms with Crippen molar-refractivity contribution in [2.75, 3.05) is 13.1 Å². The van der Waals surface area contributed by atoms with Crippen molar-refractivity contribution in [3.8, 4) is 0 Å². The number of amides is 1. The normalized spacial score (nSPS) is 22.6. The number of hydrogen-bond donors (Lipinski definition) is 1. The zero-order chi connectivity index (χ0) is 14.9. The number of nitrogens with zero attached hydrogens (tertiary/aromatic N) is 1. The third-order valence-electron chi connectivity index (χ3n) is 3.95. The second kappa shape index (κ2) is 6.11. The zero-order valence-electron chi connectivity index (χ0n) is 11.6. The summed E-state index contributed by atoms with van der Waals surface area (Å²) in [5.74, 6) is -1.08. The maximum absolute atomic E-state index is 12.6. The Hall–Kier alpha value is -1.11. The fourth-order valence-electron chi connectivity index (χ4n) is 2.76. The summed E-state index contributed by atoms with van der Waals surface area (Å²) < 4.78 is 0.945. The smallest absolute Gasteiger partial charge is 0.306 e. The quantitative estimate of drug-likeness (QED) is 0.795. The van der Waals surface area contributed by atoms with E-state index in [2.05, 4.69) is 22.6 Å². The number of rotatable bonds is 2. The Bertz CT molecular complexity index is 524. The van der Waals surface area contributed by atoms with Gasteiger partial charge in [0.1, 0.15) is 0 Å². The number of carbonyl (C=O) groups excluding carboxylic acids is 1. The predicted octanol–water partition coefficient (Wildman–Crippen LogP) is 2.78. The third kappa shape index (κ3) is 2.97. The largest absolute Gasteiger partial charge is 0.481 e. The van der Waals surface area contributed by atoms with Gasteiger partial charge in [-0.3, -0.25) is 9.59 Å². The highest BCUT2D eigenvalue weighted by Crippen LogP contribution is 2.26. The molecule has 5 heteroatoms. The third-order valence-corrected chi connectivity index (χ3v) is 4.84. The lowest BCUT2D eigenvalue weighted by molar-refractivity contribution is -0.145. The van der Waals surface area contributed by atoms with Gasteiger partial charge in [0, 0.05) is 16.7 Å². The van der Waals surface area contributed by atoms with Crippen LogP contribution in [0.1, 0.15) is 29.3 Å². The van der Waals surface area contributed by atoms with Gasteiger partial charge in [0.25, 0.3) is 5.91 Å². The van der Waals surface area contributed by atoms with Gasteiger partial charge in [-0.15, -0.1) is 0 Å². The lowest BCUT2D eigenvalue weighted by Gasteiger charge is -2.35. The molecule has 2 unspecified atom stereocenters. The van der Waals surface area contributed by atoms with Gasteiger partial charge in [-0.2, -0.15) is 0 Å². The van der Waals surface area contributed by atoms with Crippen molar-refractivity contribution in [3.05, 3.63) is 32.9 Å². The highest BCUT2D eigenvalue weighted by atomic mass is 127. The molecule has 0 bridgehead atoms. The molecule has 1 aromatic rings. The van der Waals surface area contributed by atoms with E-state index in [0.29, 0.717) is 19.5 Å².